The summed E-state index contributed by atoms with van der Waals surface area (Å²) < 4.78 is 5.40. The first-order chi connectivity index (χ1) is 13.7. The third kappa shape index (κ3) is 3.49. The largest absolute Gasteiger partial charge is 0.482 e. The Morgan fingerprint density at radius 3 is 2.89 bits per heavy atom. The number of benzene rings is 2. The molecule has 28 heavy (non-hydrogen) atoms. The van der Waals surface area contributed by atoms with Crippen LogP contribution >= 0.6 is 0 Å². The van der Waals surface area contributed by atoms with E-state index in [1.165, 1.54) is 0 Å². The van der Waals surface area contributed by atoms with Gasteiger partial charge in [0.15, 0.2) is 6.61 Å². The average molecular weight is 376 g/mol. The number of carbonyl (C=O) groups is 2. The lowest BCUT2D eigenvalue weighted by Gasteiger charge is -2.28. The van der Waals surface area contributed by atoms with Crippen LogP contribution < -0.4 is 15.4 Å². The second kappa shape index (κ2) is 7.61. The van der Waals surface area contributed by atoms with Crippen molar-refractivity contribution < 1.29 is 14.3 Å². The molecule has 0 spiro atoms. The second-order valence-corrected chi connectivity index (χ2v) is 6.90. The fraction of sp³-hybridized carbons (Fsp3) is 0.286. The van der Waals surface area contributed by atoms with Crippen LogP contribution in [0.25, 0.3) is 0 Å². The first-order valence-electron chi connectivity index (χ1n) is 9.24. The molecule has 2 aromatic carbocycles. The van der Waals surface area contributed by atoms with Crippen molar-refractivity contribution in [2.45, 2.75) is 24.8 Å². The van der Waals surface area contributed by atoms with Gasteiger partial charge in [0.2, 0.25) is 0 Å². The van der Waals surface area contributed by atoms with Gasteiger partial charge in [-0.2, -0.15) is 5.26 Å². The lowest BCUT2D eigenvalue weighted by Crippen LogP contribution is -2.41. The van der Waals surface area contributed by atoms with Crippen LogP contribution in [0.5, 0.6) is 5.75 Å². The highest BCUT2D eigenvalue weighted by atomic mass is 16.5. The number of likely N-dealkylation sites (tertiary alicyclic amines) is 1. The number of hydrogen-bond acceptors (Lipinski definition) is 4. The Labute approximate surface area is 162 Å². The number of nitrogens with one attached hydrogen (secondary N) is 2. The second-order valence-electron chi connectivity index (χ2n) is 6.90. The zero-order chi connectivity index (χ0) is 19.5. The fourth-order valence-corrected chi connectivity index (χ4v) is 3.78. The van der Waals surface area contributed by atoms with Crippen LogP contribution in [0.1, 0.15) is 24.3 Å². The fourth-order valence-electron chi connectivity index (χ4n) is 3.78. The minimum absolute atomic E-state index is 0.0421. The molecule has 1 saturated heterocycles. The minimum Gasteiger partial charge on any atom is -0.482 e. The van der Waals surface area contributed by atoms with E-state index in [0.29, 0.717) is 23.7 Å². The van der Waals surface area contributed by atoms with Crippen LogP contribution in [0.2, 0.25) is 0 Å². The molecule has 7 nitrogen and oxygen atoms in total. The van der Waals surface area contributed by atoms with Crippen molar-refractivity contribution in [3.8, 4) is 11.8 Å². The molecule has 2 heterocycles. The minimum atomic E-state index is -0.364. The molecule has 1 fully saturated rings. The Balaban J connectivity index is 1.50. The van der Waals surface area contributed by atoms with E-state index in [-0.39, 0.29) is 30.5 Å². The lowest BCUT2D eigenvalue weighted by atomic mass is 9.91. The molecule has 4 rings (SSSR count). The number of rotatable bonds is 3. The van der Waals surface area contributed by atoms with E-state index in [1.807, 2.05) is 30.3 Å². The quantitative estimate of drug-likeness (QED) is 0.859. The van der Waals surface area contributed by atoms with Crippen LogP contribution in [0.15, 0.2) is 48.5 Å². The van der Waals surface area contributed by atoms with Crippen molar-refractivity contribution in [3.63, 3.8) is 0 Å². The Hall–Kier alpha value is -3.53. The Morgan fingerprint density at radius 1 is 1.29 bits per heavy atom. The third-order valence-electron chi connectivity index (χ3n) is 5.11. The van der Waals surface area contributed by atoms with Gasteiger partial charge in [-0.15, -0.1) is 0 Å². The standard InChI is InChI=1S/C21H20N4O3/c22-12-16(14-5-2-1-3-6-14)18-7-4-10-25(18)21(27)23-15-8-9-17-19(11-15)28-13-20(26)24-17/h1-3,5-6,8-9,11,16,18H,4,7,10,13H2,(H,23,27)(H,24,26). The van der Waals surface area contributed by atoms with Gasteiger partial charge < -0.3 is 20.3 Å². The predicted molar refractivity (Wildman–Crippen MR) is 104 cm³/mol. The summed E-state index contributed by atoms with van der Waals surface area (Å²) >= 11 is 0. The topological polar surface area (TPSA) is 94.5 Å². The summed E-state index contributed by atoms with van der Waals surface area (Å²) in [5.41, 5.74) is 2.09. The van der Waals surface area contributed by atoms with E-state index >= 15 is 0 Å². The molecule has 2 aromatic rings. The molecule has 2 aliphatic rings. The van der Waals surface area contributed by atoms with E-state index < -0.39 is 0 Å². The summed E-state index contributed by atoms with van der Waals surface area (Å²) in [5, 5.41) is 15.3. The third-order valence-corrected chi connectivity index (χ3v) is 5.11. The summed E-state index contributed by atoms with van der Waals surface area (Å²) in [6.45, 7) is 0.568. The molecule has 0 bridgehead atoms. The van der Waals surface area contributed by atoms with Crippen LogP contribution in [0, 0.1) is 11.3 Å². The average Bonchev–Trinajstić information content (AvgIpc) is 3.19. The number of ether oxygens (including phenoxy) is 1. The molecule has 3 amide bonds. The number of anilines is 2. The summed E-state index contributed by atoms with van der Waals surface area (Å²) in [6, 6.07) is 16.7. The lowest BCUT2D eigenvalue weighted by molar-refractivity contribution is -0.118. The van der Waals surface area contributed by atoms with Crippen LogP contribution in [-0.4, -0.2) is 36.0 Å². The van der Waals surface area contributed by atoms with E-state index in [4.69, 9.17) is 4.74 Å². The highest BCUT2D eigenvalue weighted by Crippen LogP contribution is 2.33. The number of urea groups is 1. The number of hydrogen-bond donors (Lipinski definition) is 2. The van der Waals surface area contributed by atoms with E-state index in [1.54, 1.807) is 23.1 Å². The van der Waals surface area contributed by atoms with E-state index in [9.17, 15) is 14.9 Å². The zero-order valence-corrected chi connectivity index (χ0v) is 15.2. The molecule has 2 N–H and O–H groups in total. The Morgan fingerprint density at radius 2 is 2.11 bits per heavy atom. The predicted octanol–water partition coefficient (Wildman–Crippen LogP) is 3.32. The van der Waals surface area contributed by atoms with Gasteiger partial charge in [0.25, 0.3) is 5.91 Å². The highest BCUT2D eigenvalue weighted by Gasteiger charge is 2.35. The number of nitrogens with zero attached hydrogens (tertiary/aromatic N) is 2. The van der Waals surface area contributed by atoms with Crippen molar-refractivity contribution in [1.29, 1.82) is 5.26 Å². The summed E-state index contributed by atoms with van der Waals surface area (Å²) in [5.74, 6) is -0.0428. The van der Waals surface area contributed by atoms with Gasteiger partial charge in [-0.05, 0) is 30.5 Å². The van der Waals surface area contributed by atoms with Gasteiger partial charge in [-0.1, -0.05) is 30.3 Å². The summed E-state index contributed by atoms with van der Waals surface area (Å²) in [7, 11) is 0. The van der Waals surface area contributed by atoms with Gasteiger partial charge in [0.05, 0.1) is 23.7 Å². The molecule has 0 aromatic heterocycles. The molecular weight excluding hydrogens is 356 g/mol. The number of nitriles is 1. The van der Waals surface area contributed by atoms with Crippen molar-refractivity contribution in [2.24, 2.45) is 0 Å². The van der Waals surface area contributed by atoms with Crippen molar-refractivity contribution in [3.05, 3.63) is 54.1 Å². The summed E-state index contributed by atoms with van der Waals surface area (Å²) in [4.78, 5) is 26.0. The maximum atomic E-state index is 12.9. The highest BCUT2D eigenvalue weighted by molar-refractivity contribution is 5.96. The molecule has 0 aliphatic carbocycles. The number of fused-ring (bicyclic) bond motifs is 1. The molecule has 142 valence electrons. The first kappa shape index (κ1) is 17.9. The van der Waals surface area contributed by atoms with Gasteiger partial charge >= 0.3 is 6.03 Å². The van der Waals surface area contributed by atoms with Crippen LogP contribution in [0.4, 0.5) is 16.2 Å². The van der Waals surface area contributed by atoms with Gasteiger partial charge in [-0.25, -0.2) is 4.79 Å². The maximum absolute atomic E-state index is 12.9. The van der Waals surface area contributed by atoms with Gasteiger partial charge in [-0.3, -0.25) is 4.79 Å². The Kier molecular flexibility index (Phi) is 4.85. The molecule has 2 aliphatic heterocycles. The monoisotopic (exact) mass is 376 g/mol. The first-order valence-corrected chi connectivity index (χ1v) is 9.24. The SMILES string of the molecule is N#CC(c1ccccc1)C1CCCN1C(=O)Nc1ccc2c(c1)OCC(=O)N2. The van der Waals surface area contributed by atoms with E-state index in [0.717, 1.165) is 18.4 Å². The Bertz CT molecular complexity index is 938. The van der Waals surface area contributed by atoms with Gasteiger partial charge in [0, 0.05) is 18.3 Å². The normalized spacial score (nSPS) is 19.0. The zero-order valence-electron chi connectivity index (χ0n) is 15.2. The van der Waals surface area contributed by atoms with Gasteiger partial charge in [0.1, 0.15) is 5.75 Å². The van der Waals surface area contributed by atoms with Crippen molar-refractivity contribution in [2.75, 3.05) is 23.8 Å². The molecule has 0 radical (unpaired) electrons. The molecule has 2 unspecified atom stereocenters. The molecule has 0 saturated carbocycles. The maximum Gasteiger partial charge on any atom is 0.322 e. The van der Waals surface area contributed by atoms with Crippen molar-refractivity contribution >= 4 is 23.3 Å². The number of carbonyl (C=O) groups excluding carboxylic acids is 2. The summed E-state index contributed by atoms with van der Waals surface area (Å²) in [6.07, 6.45) is 1.66. The molecule has 7 heteroatoms. The van der Waals surface area contributed by atoms with E-state index in [2.05, 4.69) is 16.7 Å². The molecular formula is C21H20N4O3. The van der Waals surface area contributed by atoms with Crippen molar-refractivity contribution in [1.82, 2.24) is 4.90 Å². The number of amides is 3. The smallest absolute Gasteiger partial charge is 0.322 e. The molecule has 2 atom stereocenters. The van der Waals surface area contributed by atoms with Crippen LogP contribution in [0.3, 0.4) is 0 Å². The van der Waals surface area contributed by atoms with Crippen LogP contribution in [-0.2, 0) is 4.79 Å².